The number of nitrogens with one attached hydrogen (secondary N) is 2. The minimum absolute atomic E-state index is 0.380. The van der Waals surface area contributed by atoms with Crippen molar-refractivity contribution in [3.63, 3.8) is 0 Å². The van der Waals surface area contributed by atoms with Gasteiger partial charge < -0.3 is 9.47 Å². The van der Waals surface area contributed by atoms with E-state index in [1.165, 1.54) is 6.08 Å². The lowest BCUT2D eigenvalue weighted by atomic mass is 10.1. The van der Waals surface area contributed by atoms with Crippen LogP contribution < -0.4 is 20.3 Å². The zero-order valence-corrected chi connectivity index (χ0v) is 15.0. The number of benzene rings is 2. The summed E-state index contributed by atoms with van der Waals surface area (Å²) in [5.74, 6) is 0.401. The maximum atomic E-state index is 11.9. The lowest BCUT2D eigenvalue weighted by molar-refractivity contribution is -0.117. The summed E-state index contributed by atoms with van der Waals surface area (Å²) in [6.07, 6.45) is 2.95. The number of methoxy groups -OCH3 is 1. The van der Waals surface area contributed by atoms with E-state index in [2.05, 4.69) is 10.9 Å². The minimum Gasteiger partial charge on any atom is -0.493 e. The molecule has 0 atom stereocenters. The number of aryl methyl sites for hydroxylation is 1. The zero-order valence-electron chi connectivity index (χ0n) is 15.0. The van der Waals surface area contributed by atoms with Crippen molar-refractivity contribution in [3.8, 4) is 11.5 Å². The molecule has 0 fully saturated rings. The Morgan fingerprint density at radius 2 is 1.77 bits per heavy atom. The molecule has 0 aliphatic carbocycles. The first-order chi connectivity index (χ1) is 12.5. The monoisotopic (exact) mass is 354 g/mol. The highest BCUT2D eigenvalue weighted by atomic mass is 16.5. The summed E-state index contributed by atoms with van der Waals surface area (Å²) in [7, 11) is 1.57. The van der Waals surface area contributed by atoms with Gasteiger partial charge in [0.15, 0.2) is 11.5 Å². The van der Waals surface area contributed by atoms with Gasteiger partial charge in [-0.15, -0.1) is 0 Å². The molecule has 6 nitrogen and oxygen atoms in total. The van der Waals surface area contributed by atoms with Gasteiger partial charge in [-0.25, -0.2) is 0 Å². The fourth-order valence-corrected chi connectivity index (χ4v) is 2.17. The van der Waals surface area contributed by atoms with Crippen LogP contribution in [-0.2, 0) is 4.79 Å². The lowest BCUT2D eigenvalue weighted by Gasteiger charge is -2.09. The second-order valence-corrected chi connectivity index (χ2v) is 5.49. The van der Waals surface area contributed by atoms with E-state index in [-0.39, 0.29) is 5.91 Å². The van der Waals surface area contributed by atoms with Crippen LogP contribution in [0, 0.1) is 6.92 Å². The average Bonchev–Trinajstić information content (AvgIpc) is 2.65. The Balaban J connectivity index is 1.93. The Morgan fingerprint density at radius 1 is 1.04 bits per heavy atom. The third-order valence-electron chi connectivity index (χ3n) is 3.53. The van der Waals surface area contributed by atoms with Crippen molar-refractivity contribution in [1.82, 2.24) is 10.9 Å². The van der Waals surface area contributed by atoms with E-state index >= 15 is 0 Å². The number of rotatable bonds is 6. The summed E-state index contributed by atoms with van der Waals surface area (Å²) in [6, 6.07) is 12.4. The molecule has 136 valence electrons. The first-order valence-electron chi connectivity index (χ1n) is 8.19. The van der Waals surface area contributed by atoms with Gasteiger partial charge in [-0.05, 0) is 49.8 Å². The van der Waals surface area contributed by atoms with Crippen molar-refractivity contribution in [2.75, 3.05) is 13.7 Å². The molecule has 0 heterocycles. The van der Waals surface area contributed by atoms with Crippen LogP contribution in [0.25, 0.3) is 6.08 Å². The molecular formula is C20H22N2O4. The molecule has 2 aromatic carbocycles. The third kappa shape index (κ3) is 5.37. The minimum atomic E-state index is -0.445. The largest absolute Gasteiger partial charge is 0.493 e. The van der Waals surface area contributed by atoms with Gasteiger partial charge >= 0.3 is 0 Å². The summed E-state index contributed by atoms with van der Waals surface area (Å²) in [6.45, 7) is 4.32. The molecule has 2 rings (SSSR count). The van der Waals surface area contributed by atoms with Gasteiger partial charge in [-0.2, -0.15) is 0 Å². The highest BCUT2D eigenvalue weighted by molar-refractivity contribution is 5.97. The van der Waals surface area contributed by atoms with Gasteiger partial charge in [0.05, 0.1) is 13.7 Å². The molecule has 26 heavy (non-hydrogen) atoms. The standard InChI is InChI=1S/C20H22N2O4/c1-4-26-18-13-15(7-11-17(18)25-3)8-12-19(23)21-22-20(24)16-9-5-14(2)6-10-16/h5-13H,4H2,1-3H3,(H,21,23)(H,22,24)/b12-8+. The van der Waals surface area contributed by atoms with E-state index in [9.17, 15) is 9.59 Å². The number of hydrazine groups is 1. The molecule has 0 saturated heterocycles. The van der Waals surface area contributed by atoms with Crippen molar-refractivity contribution in [3.05, 3.63) is 65.2 Å². The molecule has 0 aromatic heterocycles. The van der Waals surface area contributed by atoms with Crippen LogP contribution in [0.3, 0.4) is 0 Å². The number of carbonyl (C=O) groups is 2. The predicted molar refractivity (Wildman–Crippen MR) is 100.0 cm³/mol. The highest BCUT2D eigenvalue weighted by Gasteiger charge is 2.06. The van der Waals surface area contributed by atoms with Crippen molar-refractivity contribution in [1.29, 1.82) is 0 Å². The predicted octanol–water partition coefficient (Wildman–Crippen LogP) is 2.88. The van der Waals surface area contributed by atoms with Gasteiger partial charge in [0, 0.05) is 11.6 Å². The average molecular weight is 354 g/mol. The van der Waals surface area contributed by atoms with Crippen molar-refractivity contribution < 1.29 is 19.1 Å². The molecule has 0 aliphatic heterocycles. The van der Waals surface area contributed by atoms with E-state index in [1.807, 2.05) is 26.0 Å². The molecule has 2 amide bonds. The van der Waals surface area contributed by atoms with Crippen molar-refractivity contribution in [2.45, 2.75) is 13.8 Å². The maximum absolute atomic E-state index is 11.9. The number of hydrogen-bond acceptors (Lipinski definition) is 4. The Morgan fingerprint density at radius 3 is 2.42 bits per heavy atom. The molecule has 0 saturated carbocycles. The van der Waals surface area contributed by atoms with Crippen LogP contribution >= 0.6 is 0 Å². The van der Waals surface area contributed by atoms with Gasteiger partial charge in [0.25, 0.3) is 11.8 Å². The van der Waals surface area contributed by atoms with Crippen LogP contribution in [0.15, 0.2) is 48.5 Å². The Labute approximate surface area is 152 Å². The van der Waals surface area contributed by atoms with E-state index in [0.29, 0.717) is 23.7 Å². The molecule has 2 aromatic rings. The lowest BCUT2D eigenvalue weighted by Crippen LogP contribution is -2.40. The second kappa shape index (κ2) is 9.27. The summed E-state index contributed by atoms with van der Waals surface area (Å²) in [5, 5.41) is 0. The maximum Gasteiger partial charge on any atom is 0.269 e. The molecule has 0 unspecified atom stereocenters. The fourth-order valence-electron chi connectivity index (χ4n) is 2.17. The third-order valence-corrected chi connectivity index (χ3v) is 3.53. The van der Waals surface area contributed by atoms with Crippen LogP contribution in [0.2, 0.25) is 0 Å². The van der Waals surface area contributed by atoms with E-state index in [4.69, 9.17) is 9.47 Å². The van der Waals surface area contributed by atoms with Crippen LogP contribution in [0.5, 0.6) is 11.5 Å². The molecule has 2 N–H and O–H groups in total. The fraction of sp³-hybridized carbons (Fsp3) is 0.200. The quantitative estimate of drug-likeness (QED) is 0.618. The summed E-state index contributed by atoms with van der Waals surface area (Å²) in [5.41, 5.74) is 7.01. The second-order valence-electron chi connectivity index (χ2n) is 5.49. The Hall–Kier alpha value is -3.28. The molecule has 0 aliphatic rings. The Kier molecular flexibility index (Phi) is 6.79. The van der Waals surface area contributed by atoms with E-state index in [0.717, 1.165) is 11.1 Å². The number of hydrogen-bond donors (Lipinski definition) is 2. The van der Waals surface area contributed by atoms with Crippen LogP contribution in [0.4, 0.5) is 0 Å². The number of amides is 2. The Bertz CT molecular complexity index is 798. The molecule has 0 radical (unpaired) electrons. The van der Waals surface area contributed by atoms with E-state index < -0.39 is 5.91 Å². The number of ether oxygens (including phenoxy) is 2. The molecule has 6 heteroatoms. The zero-order chi connectivity index (χ0) is 18.9. The highest BCUT2D eigenvalue weighted by Crippen LogP contribution is 2.28. The SMILES string of the molecule is CCOc1cc(/C=C/C(=O)NNC(=O)c2ccc(C)cc2)ccc1OC. The summed E-state index contributed by atoms with van der Waals surface area (Å²) in [4.78, 5) is 23.8. The normalized spacial score (nSPS) is 10.4. The van der Waals surface area contributed by atoms with Gasteiger partial charge in [0.1, 0.15) is 0 Å². The van der Waals surface area contributed by atoms with Gasteiger partial charge in [-0.1, -0.05) is 23.8 Å². The van der Waals surface area contributed by atoms with Gasteiger partial charge in [0.2, 0.25) is 0 Å². The summed E-state index contributed by atoms with van der Waals surface area (Å²) >= 11 is 0. The topological polar surface area (TPSA) is 76.7 Å². The van der Waals surface area contributed by atoms with Gasteiger partial charge in [-0.3, -0.25) is 20.4 Å². The van der Waals surface area contributed by atoms with Crippen LogP contribution in [-0.4, -0.2) is 25.5 Å². The summed E-state index contributed by atoms with van der Waals surface area (Å²) < 4.78 is 10.7. The first kappa shape index (κ1) is 19.1. The first-order valence-corrected chi connectivity index (χ1v) is 8.19. The molecule has 0 spiro atoms. The van der Waals surface area contributed by atoms with Crippen molar-refractivity contribution >= 4 is 17.9 Å². The van der Waals surface area contributed by atoms with E-state index in [1.54, 1.807) is 43.5 Å². The molecular weight excluding hydrogens is 332 g/mol. The number of carbonyl (C=O) groups excluding carboxylic acids is 2. The molecule has 0 bridgehead atoms. The van der Waals surface area contributed by atoms with Crippen molar-refractivity contribution in [2.24, 2.45) is 0 Å². The van der Waals surface area contributed by atoms with Crippen LogP contribution in [0.1, 0.15) is 28.4 Å². The smallest absolute Gasteiger partial charge is 0.269 e.